The lowest BCUT2D eigenvalue weighted by Crippen LogP contribution is -2.33. The lowest BCUT2D eigenvalue weighted by atomic mass is 9.86. The van der Waals surface area contributed by atoms with Crippen molar-refractivity contribution in [3.63, 3.8) is 0 Å². The maximum absolute atomic E-state index is 13.1. The summed E-state index contributed by atoms with van der Waals surface area (Å²) >= 11 is 0. The second-order valence-electron chi connectivity index (χ2n) is 8.39. The third-order valence-electron chi connectivity index (χ3n) is 6.42. The molecule has 28 heavy (non-hydrogen) atoms. The molecule has 0 radical (unpaired) electrons. The number of nitrogens with zero attached hydrogens (tertiary/aromatic N) is 4. The van der Waals surface area contributed by atoms with Gasteiger partial charge in [-0.1, -0.05) is 24.4 Å². The van der Waals surface area contributed by atoms with Crippen molar-refractivity contribution in [3.8, 4) is 11.3 Å². The molecule has 2 aromatic rings. The number of likely N-dealkylation sites (tertiary alicyclic amines) is 1. The summed E-state index contributed by atoms with van der Waals surface area (Å²) in [5.41, 5.74) is 3.65. The Hall–Kier alpha value is -2.24. The van der Waals surface area contributed by atoms with E-state index >= 15 is 0 Å². The zero-order valence-electron chi connectivity index (χ0n) is 17.2. The van der Waals surface area contributed by atoms with Gasteiger partial charge in [-0.2, -0.15) is 0 Å². The molecule has 0 spiro atoms. The Kier molecular flexibility index (Phi) is 5.47. The molecule has 0 bridgehead atoms. The highest BCUT2D eigenvalue weighted by Crippen LogP contribution is 2.39. The van der Waals surface area contributed by atoms with Crippen molar-refractivity contribution in [3.05, 3.63) is 29.0 Å². The zero-order valence-corrected chi connectivity index (χ0v) is 17.2. The summed E-state index contributed by atoms with van der Waals surface area (Å²) in [6.07, 6.45) is 10.7. The highest BCUT2D eigenvalue weighted by Gasteiger charge is 2.35. The largest absolute Gasteiger partial charge is 0.356 e. The van der Waals surface area contributed by atoms with Crippen LogP contribution in [0.25, 0.3) is 11.3 Å². The highest BCUT2D eigenvalue weighted by atomic mass is 16.5. The fourth-order valence-corrected chi connectivity index (χ4v) is 4.69. The fraction of sp³-hybridized carbons (Fsp3) is 0.636. The van der Waals surface area contributed by atoms with E-state index in [0.29, 0.717) is 12.3 Å². The molecule has 1 aliphatic heterocycles. The molecule has 2 aromatic heterocycles. The van der Waals surface area contributed by atoms with E-state index in [2.05, 4.69) is 15.0 Å². The molecule has 1 atom stereocenters. The summed E-state index contributed by atoms with van der Waals surface area (Å²) in [7, 11) is 0. The summed E-state index contributed by atoms with van der Waals surface area (Å²) < 4.78 is 5.61. The molecule has 2 fully saturated rings. The van der Waals surface area contributed by atoms with Crippen LogP contribution >= 0.6 is 0 Å². The predicted octanol–water partition coefficient (Wildman–Crippen LogP) is 4.69. The van der Waals surface area contributed by atoms with E-state index in [1.54, 1.807) is 0 Å². The molecule has 3 heterocycles. The Balaban J connectivity index is 1.63. The van der Waals surface area contributed by atoms with Crippen molar-refractivity contribution in [2.75, 3.05) is 6.54 Å². The number of aromatic nitrogens is 3. The number of carbonyl (C=O) groups excluding carboxylic acids is 1. The second-order valence-corrected chi connectivity index (χ2v) is 8.39. The minimum absolute atomic E-state index is 0.00223. The first kappa shape index (κ1) is 19.1. The van der Waals surface area contributed by atoms with E-state index in [4.69, 9.17) is 9.51 Å². The van der Waals surface area contributed by atoms with Gasteiger partial charge >= 0.3 is 0 Å². The molecule has 0 aromatic carbocycles. The monoisotopic (exact) mass is 382 g/mol. The van der Waals surface area contributed by atoms with Gasteiger partial charge in [0.2, 0.25) is 5.91 Å². The fourth-order valence-electron chi connectivity index (χ4n) is 4.69. The molecular formula is C22H30N4O2. The van der Waals surface area contributed by atoms with Crippen LogP contribution in [0.4, 0.5) is 0 Å². The lowest BCUT2D eigenvalue weighted by Gasteiger charge is -2.28. The smallest absolute Gasteiger partial charge is 0.223 e. The Morgan fingerprint density at radius 3 is 2.64 bits per heavy atom. The quantitative estimate of drug-likeness (QED) is 0.767. The number of hydrogen-bond donors (Lipinski definition) is 0. The van der Waals surface area contributed by atoms with Crippen molar-refractivity contribution in [2.24, 2.45) is 5.92 Å². The lowest BCUT2D eigenvalue weighted by molar-refractivity contribution is -0.133. The number of carbonyl (C=O) groups is 1. The van der Waals surface area contributed by atoms with Crippen LogP contribution in [0.1, 0.15) is 80.2 Å². The number of aryl methyl sites for hydroxylation is 2. The van der Waals surface area contributed by atoms with E-state index in [-0.39, 0.29) is 11.9 Å². The number of amides is 1. The van der Waals surface area contributed by atoms with Crippen LogP contribution in [0.2, 0.25) is 0 Å². The van der Waals surface area contributed by atoms with Crippen LogP contribution in [0.15, 0.2) is 10.7 Å². The van der Waals surface area contributed by atoms with Gasteiger partial charge in [0.1, 0.15) is 5.82 Å². The van der Waals surface area contributed by atoms with Crippen LogP contribution < -0.4 is 0 Å². The van der Waals surface area contributed by atoms with E-state index in [9.17, 15) is 4.79 Å². The Bertz CT molecular complexity index is 854. The molecule has 0 N–H and O–H groups in total. The molecule has 1 aliphatic carbocycles. The van der Waals surface area contributed by atoms with Crippen molar-refractivity contribution in [1.82, 2.24) is 20.0 Å². The maximum atomic E-state index is 13.1. The molecule has 4 rings (SSSR count). The van der Waals surface area contributed by atoms with Crippen LogP contribution in [-0.4, -0.2) is 32.5 Å². The Morgan fingerprint density at radius 2 is 1.93 bits per heavy atom. The average Bonchev–Trinajstić information content (AvgIpc) is 3.30. The van der Waals surface area contributed by atoms with Crippen molar-refractivity contribution < 1.29 is 9.32 Å². The van der Waals surface area contributed by atoms with Crippen molar-refractivity contribution in [1.29, 1.82) is 0 Å². The normalized spacial score (nSPS) is 20.7. The summed E-state index contributed by atoms with van der Waals surface area (Å²) in [6.45, 7) is 6.65. The van der Waals surface area contributed by atoms with Crippen LogP contribution in [0, 0.1) is 26.7 Å². The highest BCUT2D eigenvalue weighted by molar-refractivity contribution is 5.78. The minimum atomic E-state index is -0.00223. The van der Waals surface area contributed by atoms with Gasteiger partial charge in [0.05, 0.1) is 23.0 Å². The number of rotatable bonds is 4. The van der Waals surface area contributed by atoms with Gasteiger partial charge < -0.3 is 9.42 Å². The predicted molar refractivity (Wildman–Crippen MR) is 107 cm³/mol. The van der Waals surface area contributed by atoms with Gasteiger partial charge in [0.15, 0.2) is 5.76 Å². The molecule has 150 valence electrons. The van der Waals surface area contributed by atoms with E-state index in [1.165, 1.54) is 32.1 Å². The Labute approximate surface area is 166 Å². The average molecular weight is 383 g/mol. The van der Waals surface area contributed by atoms with Crippen LogP contribution in [0.3, 0.4) is 0 Å². The zero-order chi connectivity index (χ0) is 19.7. The van der Waals surface area contributed by atoms with Gasteiger partial charge in [-0.25, -0.2) is 9.97 Å². The first-order valence-electron chi connectivity index (χ1n) is 10.6. The van der Waals surface area contributed by atoms with E-state index in [0.717, 1.165) is 53.5 Å². The summed E-state index contributed by atoms with van der Waals surface area (Å²) in [6, 6.07) is -0.00223. The van der Waals surface area contributed by atoms with Gasteiger partial charge in [0, 0.05) is 24.7 Å². The topological polar surface area (TPSA) is 72.1 Å². The van der Waals surface area contributed by atoms with Crippen molar-refractivity contribution in [2.45, 2.75) is 78.2 Å². The minimum Gasteiger partial charge on any atom is -0.356 e. The molecule has 6 heteroatoms. The molecule has 1 saturated carbocycles. The Morgan fingerprint density at radius 1 is 1.14 bits per heavy atom. The standard InChI is InChI=1S/C22H30N4O2/c1-14-15(2)25-28-22(14)18-13-23-16(3)24-21(18)19-10-7-11-26(19)20(27)12-17-8-5-4-6-9-17/h13,17,19H,4-12H2,1-3H3. The SMILES string of the molecule is Cc1ncc(-c2onc(C)c2C)c(C2CCCN2C(=O)CC2CCCCC2)n1. The maximum Gasteiger partial charge on any atom is 0.223 e. The molecule has 2 aliphatic rings. The van der Waals surface area contributed by atoms with Crippen LogP contribution in [0.5, 0.6) is 0 Å². The molecule has 1 amide bonds. The van der Waals surface area contributed by atoms with E-state index in [1.807, 2.05) is 27.0 Å². The first-order chi connectivity index (χ1) is 13.5. The van der Waals surface area contributed by atoms with Gasteiger partial charge in [-0.3, -0.25) is 4.79 Å². The van der Waals surface area contributed by atoms with Crippen molar-refractivity contribution >= 4 is 5.91 Å². The molecule has 1 saturated heterocycles. The summed E-state index contributed by atoms with van der Waals surface area (Å²) in [5.74, 6) is 2.27. The van der Waals surface area contributed by atoms with Gasteiger partial charge in [0.25, 0.3) is 0 Å². The summed E-state index contributed by atoms with van der Waals surface area (Å²) in [4.78, 5) is 24.4. The van der Waals surface area contributed by atoms with Gasteiger partial charge in [-0.15, -0.1) is 0 Å². The number of hydrogen-bond acceptors (Lipinski definition) is 5. The molecule has 1 unspecified atom stereocenters. The first-order valence-corrected chi connectivity index (χ1v) is 10.6. The molecule has 6 nitrogen and oxygen atoms in total. The third kappa shape index (κ3) is 3.69. The molecular weight excluding hydrogens is 352 g/mol. The summed E-state index contributed by atoms with van der Waals surface area (Å²) in [5, 5.41) is 4.10. The second kappa shape index (κ2) is 8.02. The third-order valence-corrected chi connectivity index (χ3v) is 6.42. The van der Waals surface area contributed by atoms with Crippen LogP contribution in [-0.2, 0) is 4.79 Å². The van der Waals surface area contributed by atoms with Gasteiger partial charge in [-0.05, 0) is 52.4 Å². The van der Waals surface area contributed by atoms with E-state index < -0.39 is 0 Å².